The maximum Gasteiger partial charge on any atom is 0.213 e. The molecule has 0 radical (unpaired) electrons. The van der Waals surface area contributed by atoms with E-state index in [1.807, 2.05) is 12.1 Å². The standard InChI is InChI=1S/C11H18N2O/c1-9(2)6-7-12-10-4-5-11(14-3)13-8-10/h4-5,8-9,12H,6-7H2,1-3H3. The Labute approximate surface area is 85.5 Å². The minimum Gasteiger partial charge on any atom is -0.481 e. The maximum absolute atomic E-state index is 4.97. The molecule has 78 valence electrons. The Kier molecular flexibility index (Phi) is 4.23. The highest BCUT2D eigenvalue weighted by Crippen LogP contribution is 2.11. The van der Waals surface area contributed by atoms with Gasteiger partial charge < -0.3 is 10.1 Å². The van der Waals surface area contributed by atoms with E-state index in [0.29, 0.717) is 5.88 Å². The lowest BCUT2D eigenvalue weighted by atomic mass is 10.1. The smallest absolute Gasteiger partial charge is 0.213 e. The second-order valence-corrected chi connectivity index (χ2v) is 3.70. The van der Waals surface area contributed by atoms with Crippen LogP contribution in [-0.2, 0) is 0 Å². The zero-order valence-corrected chi connectivity index (χ0v) is 9.08. The molecule has 0 spiro atoms. The third kappa shape index (κ3) is 3.64. The lowest BCUT2D eigenvalue weighted by Gasteiger charge is -2.08. The van der Waals surface area contributed by atoms with Gasteiger partial charge in [0.15, 0.2) is 0 Å². The maximum atomic E-state index is 4.97. The van der Waals surface area contributed by atoms with E-state index in [4.69, 9.17) is 4.74 Å². The van der Waals surface area contributed by atoms with E-state index in [1.54, 1.807) is 13.3 Å². The van der Waals surface area contributed by atoms with Crippen molar-refractivity contribution in [3.05, 3.63) is 18.3 Å². The Morgan fingerprint density at radius 3 is 2.71 bits per heavy atom. The van der Waals surface area contributed by atoms with Crippen LogP contribution >= 0.6 is 0 Å². The highest BCUT2D eigenvalue weighted by Gasteiger charge is 1.96. The molecule has 0 bridgehead atoms. The molecule has 0 fully saturated rings. The third-order valence-corrected chi connectivity index (χ3v) is 2.00. The monoisotopic (exact) mass is 194 g/mol. The Bertz CT molecular complexity index is 256. The predicted molar refractivity (Wildman–Crippen MR) is 58.7 cm³/mol. The summed E-state index contributed by atoms with van der Waals surface area (Å²) in [6.45, 7) is 5.42. The molecule has 0 aliphatic rings. The van der Waals surface area contributed by atoms with Crippen molar-refractivity contribution in [2.75, 3.05) is 19.0 Å². The zero-order chi connectivity index (χ0) is 10.4. The zero-order valence-electron chi connectivity index (χ0n) is 9.08. The largest absolute Gasteiger partial charge is 0.481 e. The number of pyridine rings is 1. The molecule has 0 aromatic carbocycles. The van der Waals surface area contributed by atoms with E-state index in [9.17, 15) is 0 Å². The number of rotatable bonds is 5. The van der Waals surface area contributed by atoms with E-state index in [-0.39, 0.29) is 0 Å². The fourth-order valence-corrected chi connectivity index (χ4v) is 1.11. The summed E-state index contributed by atoms with van der Waals surface area (Å²) in [4.78, 5) is 4.11. The van der Waals surface area contributed by atoms with Gasteiger partial charge in [-0.05, 0) is 18.4 Å². The van der Waals surface area contributed by atoms with E-state index < -0.39 is 0 Å². The average Bonchev–Trinajstić information content (AvgIpc) is 2.18. The van der Waals surface area contributed by atoms with Gasteiger partial charge in [0, 0.05) is 12.6 Å². The van der Waals surface area contributed by atoms with E-state index in [1.165, 1.54) is 6.42 Å². The van der Waals surface area contributed by atoms with Gasteiger partial charge in [0.05, 0.1) is 19.0 Å². The minimum atomic E-state index is 0.652. The SMILES string of the molecule is COc1ccc(NCCC(C)C)cn1. The van der Waals surface area contributed by atoms with Crippen LogP contribution in [0.3, 0.4) is 0 Å². The van der Waals surface area contributed by atoms with Crippen molar-refractivity contribution >= 4 is 5.69 Å². The number of hydrogen-bond acceptors (Lipinski definition) is 3. The van der Waals surface area contributed by atoms with Crippen molar-refractivity contribution in [3.8, 4) is 5.88 Å². The highest BCUT2D eigenvalue weighted by molar-refractivity contribution is 5.41. The first kappa shape index (κ1) is 10.8. The van der Waals surface area contributed by atoms with Crippen molar-refractivity contribution in [1.82, 2.24) is 4.98 Å². The van der Waals surface area contributed by atoms with Gasteiger partial charge in [-0.2, -0.15) is 0 Å². The number of nitrogens with one attached hydrogen (secondary N) is 1. The second-order valence-electron chi connectivity index (χ2n) is 3.70. The lowest BCUT2D eigenvalue weighted by molar-refractivity contribution is 0.398. The van der Waals surface area contributed by atoms with Crippen LogP contribution in [0.5, 0.6) is 5.88 Å². The fourth-order valence-electron chi connectivity index (χ4n) is 1.11. The summed E-state index contributed by atoms with van der Waals surface area (Å²) in [6.07, 6.45) is 2.96. The molecule has 1 aromatic heterocycles. The first-order valence-corrected chi connectivity index (χ1v) is 4.96. The molecule has 0 unspecified atom stereocenters. The minimum absolute atomic E-state index is 0.652. The molecule has 0 aliphatic heterocycles. The molecule has 3 nitrogen and oxygen atoms in total. The van der Waals surface area contributed by atoms with Crippen LogP contribution in [0.1, 0.15) is 20.3 Å². The van der Waals surface area contributed by atoms with Crippen molar-refractivity contribution < 1.29 is 4.74 Å². The van der Waals surface area contributed by atoms with Gasteiger partial charge in [0.25, 0.3) is 0 Å². The van der Waals surface area contributed by atoms with Gasteiger partial charge in [-0.1, -0.05) is 13.8 Å². The summed E-state index contributed by atoms with van der Waals surface area (Å²) in [5.74, 6) is 1.38. The summed E-state index contributed by atoms with van der Waals surface area (Å²) in [5, 5.41) is 3.31. The Morgan fingerprint density at radius 2 is 2.21 bits per heavy atom. The Hall–Kier alpha value is -1.25. The lowest BCUT2D eigenvalue weighted by Crippen LogP contribution is -2.04. The molecular formula is C11H18N2O. The van der Waals surface area contributed by atoms with Gasteiger partial charge in [-0.3, -0.25) is 0 Å². The van der Waals surface area contributed by atoms with Gasteiger partial charge in [-0.15, -0.1) is 0 Å². The molecule has 0 atom stereocenters. The number of methoxy groups -OCH3 is 1. The van der Waals surface area contributed by atoms with E-state index in [2.05, 4.69) is 24.1 Å². The van der Waals surface area contributed by atoms with Crippen molar-refractivity contribution in [2.24, 2.45) is 5.92 Å². The molecular weight excluding hydrogens is 176 g/mol. The van der Waals surface area contributed by atoms with Crippen LogP contribution in [0, 0.1) is 5.92 Å². The third-order valence-electron chi connectivity index (χ3n) is 2.00. The summed E-state index contributed by atoms with van der Waals surface area (Å²) in [7, 11) is 1.62. The van der Waals surface area contributed by atoms with Gasteiger partial charge in [-0.25, -0.2) is 4.98 Å². The molecule has 0 aliphatic carbocycles. The van der Waals surface area contributed by atoms with Crippen LogP contribution in [0.15, 0.2) is 18.3 Å². The second kappa shape index (κ2) is 5.47. The van der Waals surface area contributed by atoms with Crippen LogP contribution in [-0.4, -0.2) is 18.6 Å². The molecule has 1 aromatic rings. The number of hydrogen-bond donors (Lipinski definition) is 1. The van der Waals surface area contributed by atoms with Crippen molar-refractivity contribution in [2.45, 2.75) is 20.3 Å². The normalized spacial score (nSPS) is 10.3. The number of nitrogens with zero attached hydrogens (tertiary/aromatic N) is 1. The summed E-state index contributed by atoms with van der Waals surface area (Å²) < 4.78 is 4.97. The van der Waals surface area contributed by atoms with Crippen LogP contribution < -0.4 is 10.1 Å². The molecule has 0 saturated carbocycles. The number of ether oxygens (including phenoxy) is 1. The molecule has 1 N–H and O–H groups in total. The highest BCUT2D eigenvalue weighted by atomic mass is 16.5. The van der Waals surface area contributed by atoms with E-state index in [0.717, 1.165) is 18.2 Å². The van der Waals surface area contributed by atoms with Gasteiger partial charge in [0.2, 0.25) is 5.88 Å². The Morgan fingerprint density at radius 1 is 1.43 bits per heavy atom. The van der Waals surface area contributed by atoms with Gasteiger partial charge >= 0.3 is 0 Å². The predicted octanol–water partition coefficient (Wildman–Crippen LogP) is 2.55. The van der Waals surface area contributed by atoms with Crippen LogP contribution in [0.2, 0.25) is 0 Å². The summed E-state index contributed by atoms with van der Waals surface area (Å²) in [6, 6.07) is 3.84. The first-order chi connectivity index (χ1) is 6.72. The summed E-state index contributed by atoms with van der Waals surface area (Å²) >= 11 is 0. The number of aromatic nitrogens is 1. The quantitative estimate of drug-likeness (QED) is 0.782. The van der Waals surface area contributed by atoms with Crippen molar-refractivity contribution in [1.29, 1.82) is 0 Å². The molecule has 14 heavy (non-hydrogen) atoms. The molecule has 3 heteroatoms. The van der Waals surface area contributed by atoms with Crippen LogP contribution in [0.25, 0.3) is 0 Å². The molecule has 1 rings (SSSR count). The number of anilines is 1. The average molecular weight is 194 g/mol. The summed E-state index contributed by atoms with van der Waals surface area (Å²) in [5.41, 5.74) is 1.05. The molecule has 1 heterocycles. The molecule has 0 saturated heterocycles. The Balaban J connectivity index is 2.36. The van der Waals surface area contributed by atoms with Crippen LogP contribution in [0.4, 0.5) is 5.69 Å². The topological polar surface area (TPSA) is 34.1 Å². The first-order valence-electron chi connectivity index (χ1n) is 4.96. The molecule has 0 amide bonds. The van der Waals surface area contributed by atoms with Crippen molar-refractivity contribution in [3.63, 3.8) is 0 Å². The van der Waals surface area contributed by atoms with Gasteiger partial charge in [0.1, 0.15) is 0 Å². The van der Waals surface area contributed by atoms with E-state index >= 15 is 0 Å². The fraction of sp³-hybridized carbons (Fsp3) is 0.545.